The van der Waals surface area contributed by atoms with Crippen LogP contribution in [0.3, 0.4) is 0 Å². The summed E-state index contributed by atoms with van der Waals surface area (Å²) in [5.74, 6) is -0.273. The first-order valence-corrected chi connectivity index (χ1v) is 16.5. The Kier molecular flexibility index (Phi) is 8.99. The van der Waals surface area contributed by atoms with E-state index in [1.807, 2.05) is 72.8 Å². The molecule has 0 atom stereocenters. The van der Waals surface area contributed by atoms with Gasteiger partial charge in [0.2, 0.25) is 5.90 Å². The molecule has 0 saturated heterocycles. The lowest BCUT2D eigenvalue weighted by Crippen LogP contribution is -2.32. The van der Waals surface area contributed by atoms with E-state index in [0.717, 1.165) is 32.4 Å². The molecule has 5 aromatic carbocycles. The molecule has 51 heavy (non-hydrogen) atoms. The van der Waals surface area contributed by atoms with E-state index in [9.17, 15) is 15.2 Å². The van der Waals surface area contributed by atoms with E-state index in [4.69, 9.17) is 14.6 Å². The maximum Gasteiger partial charge on any atom is 0.273 e. The number of rotatable bonds is 8. The Hall–Kier alpha value is -6.77. The van der Waals surface area contributed by atoms with Crippen LogP contribution in [0.15, 0.2) is 131 Å². The van der Waals surface area contributed by atoms with Crippen molar-refractivity contribution in [1.82, 2.24) is 14.3 Å². The summed E-state index contributed by atoms with van der Waals surface area (Å²) in [6, 6.07) is 35.5. The van der Waals surface area contributed by atoms with Crippen LogP contribution in [0.1, 0.15) is 5.56 Å². The van der Waals surface area contributed by atoms with E-state index in [1.165, 1.54) is 25.3 Å². The van der Waals surface area contributed by atoms with Crippen molar-refractivity contribution in [3.8, 4) is 40.2 Å². The molecule has 1 N–H and O–H groups in total. The van der Waals surface area contributed by atoms with Gasteiger partial charge in [-0.1, -0.05) is 66.7 Å². The van der Waals surface area contributed by atoms with Crippen LogP contribution in [0.4, 0.5) is 10.1 Å². The normalized spacial score (nSPS) is 12.5. The number of nitrogens with zero attached hydrogens (tertiary/aromatic N) is 5. The topological polar surface area (TPSA) is 115 Å². The predicted octanol–water partition coefficient (Wildman–Crippen LogP) is 6.85. The van der Waals surface area contributed by atoms with Gasteiger partial charge in [0.15, 0.2) is 11.5 Å². The Morgan fingerprint density at radius 3 is 2.41 bits per heavy atom. The molecule has 11 heteroatoms. The molecule has 2 heterocycles. The quantitative estimate of drug-likeness (QED) is 0.138. The van der Waals surface area contributed by atoms with Crippen molar-refractivity contribution in [2.24, 2.45) is 4.99 Å². The number of nitriles is 1. The van der Waals surface area contributed by atoms with Crippen LogP contribution < -0.4 is 24.2 Å². The van der Waals surface area contributed by atoms with Gasteiger partial charge in [0.25, 0.3) is 5.56 Å². The lowest BCUT2D eigenvalue weighted by molar-refractivity contribution is 0.355. The average Bonchev–Trinajstić information content (AvgIpc) is 3.73. The lowest BCUT2D eigenvalue weighted by atomic mass is 10.1. The zero-order valence-electron chi connectivity index (χ0n) is 27.3. The summed E-state index contributed by atoms with van der Waals surface area (Å²) >= 11 is 0.929. The first kappa shape index (κ1) is 32.8. The molecule has 7 rings (SSSR count). The Balaban J connectivity index is 1.50. The molecular formula is C40H28FN5O4S. The van der Waals surface area contributed by atoms with E-state index in [2.05, 4.69) is 4.99 Å². The fourth-order valence-corrected chi connectivity index (χ4v) is 6.81. The smallest absolute Gasteiger partial charge is 0.273 e. The molecule has 0 fully saturated rings. The highest BCUT2D eigenvalue weighted by molar-refractivity contribution is 7.07. The van der Waals surface area contributed by atoms with Gasteiger partial charge in [-0.25, -0.2) is 14.1 Å². The molecule has 0 amide bonds. The molecule has 0 saturated carbocycles. The monoisotopic (exact) mass is 693 g/mol. The maximum atomic E-state index is 15.4. The van der Waals surface area contributed by atoms with E-state index in [-0.39, 0.29) is 20.5 Å². The molecule has 9 nitrogen and oxygen atoms in total. The third-order valence-corrected chi connectivity index (χ3v) is 9.26. The number of halogens is 1. The number of thiazole rings is 1. The number of aliphatic hydroxyl groups is 1. The van der Waals surface area contributed by atoms with Gasteiger partial charge in [0.05, 0.1) is 35.8 Å². The van der Waals surface area contributed by atoms with Crippen molar-refractivity contribution in [2.75, 3.05) is 14.2 Å². The Bertz CT molecular complexity index is 2680. The van der Waals surface area contributed by atoms with Gasteiger partial charge >= 0.3 is 0 Å². The summed E-state index contributed by atoms with van der Waals surface area (Å²) in [5.41, 5.74) is 1.99. The third-order valence-electron chi connectivity index (χ3n) is 8.17. The summed E-state index contributed by atoms with van der Waals surface area (Å²) < 4.78 is 29.3. The van der Waals surface area contributed by atoms with E-state index < -0.39 is 17.3 Å². The van der Waals surface area contributed by atoms with Crippen LogP contribution in [0, 0.1) is 17.1 Å². The molecule has 0 aliphatic rings. The van der Waals surface area contributed by atoms with Gasteiger partial charge < -0.3 is 14.6 Å². The minimum atomic E-state index is -0.684. The highest BCUT2D eigenvalue weighted by atomic mass is 32.1. The number of benzene rings is 5. The minimum absolute atomic E-state index is 0.00320. The van der Waals surface area contributed by atoms with Crippen LogP contribution >= 0.6 is 11.3 Å². The maximum absolute atomic E-state index is 15.4. The molecule has 2 aromatic heterocycles. The Morgan fingerprint density at radius 2 is 1.65 bits per heavy atom. The summed E-state index contributed by atoms with van der Waals surface area (Å²) in [5, 5.41) is 28.3. The van der Waals surface area contributed by atoms with Crippen molar-refractivity contribution in [3.63, 3.8) is 0 Å². The van der Waals surface area contributed by atoms with E-state index in [0.29, 0.717) is 34.0 Å². The van der Waals surface area contributed by atoms with Gasteiger partial charge in [0, 0.05) is 22.7 Å². The van der Waals surface area contributed by atoms with Crippen molar-refractivity contribution in [3.05, 3.63) is 152 Å². The molecule has 7 aromatic rings. The highest BCUT2D eigenvalue weighted by Gasteiger charge is 2.19. The second-order valence-electron chi connectivity index (χ2n) is 11.2. The zero-order valence-corrected chi connectivity index (χ0v) is 28.1. The second kappa shape index (κ2) is 14.0. The van der Waals surface area contributed by atoms with Crippen LogP contribution in [-0.4, -0.2) is 39.6 Å². The molecule has 0 spiro atoms. The number of aliphatic hydroxyl groups excluding tert-OH is 1. The van der Waals surface area contributed by atoms with Gasteiger partial charge in [-0.05, 0) is 60.0 Å². The van der Waals surface area contributed by atoms with Crippen LogP contribution in [-0.2, 0) is 0 Å². The van der Waals surface area contributed by atoms with Crippen LogP contribution in [0.25, 0.3) is 45.1 Å². The van der Waals surface area contributed by atoms with Crippen molar-refractivity contribution >= 4 is 45.3 Å². The number of ether oxygens (including phenoxy) is 2. The summed E-state index contributed by atoms with van der Waals surface area (Å²) in [7, 11) is 3.09. The summed E-state index contributed by atoms with van der Waals surface area (Å²) in [6.07, 6.45) is 3.42. The van der Waals surface area contributed by atoms with Crippen molar-refractivity contribution in [1.29, 1.82) is 5.26 Å². The molecule has 0 aliphatic heterocycles. The fourth-order valence-electron chi connectivity index (χ4n) is 5.73. The molecule has 0 bridgehead atoms. The largest absolute Gasteiger partial charge is 0.493 e. The summed E-state index contributed by atoms with van der Waals surface area (Å²) in [6.45, 7) is 0. The predicted molar refractivity (Wildman–Crippen MR) is 197 cm³/mol. The lowest BCUT2D eigenvalue weighted by Gasteiger charge is -2.09. The number of fused-ring (bicyclic) bond motifs is 1. The van der Waals surface area contributed by atoms with Gasteiger partial charge in [0.1, 0.15) is 27.8 Å². The molecule has 0 unspecified atom stereocenters. The number of aliphatic imine (C=N–C) groups is 1. The van der Waals surface area contributed by atoms with Crippen molar-refractivity contribution in [2.45, 2.75) is 0 Å². The minimum Gasteiger partial charge on any atom is -0.493 e. The third kappa shape index (κ3) is 6.27. The van der Waals surface area contributed by atoms with Crippen molar-refractivity contribution < 1.29 is 19.0 Å². The van der Waals surface area contributed by atoms with Gasteiger partial charge in [-0.3, -0.25) is 9.36 Å². The van der Waals surface area contributed by atoms with E-state index in [1.54, 1.807) is 54.4 Å². The number of methoxy groups -OCH3 is 2. The van der Waals surface area contributed by atoms with E-state index >= 15 is 4.39 Å². The molecule has 0 aliphatic carbocycles. The van der Waals surface area contributed by atoms with Gasteiger partial charge in [-0.2, -0.15) is 10.4 Å². The average molecular weight is 694 g/mol. The SMILES string of the molecule is COc1ccc(-c2nn(-c3ccccc3)cc2/C=c2\s/c(=C(/C#N)C(O)=Nc3cccc4ccccc34)n(-c3ccccc3F)c2=O)cc1OC. The standard InChI is InChI=1S/C40H28FN5O4S/c1-49-34-20-19-26(21-35(34)50-2)37-27(24-45(44-37)28-13-4-3-5-14-28)22-36-39(48)46(33-18-9-8-16-31(33)41)40(51-36)30(23-42)38(47)43-32-17-10-12-25-11-6-7-15-29(25)32/h3-22,24H,1-2H3,(H,43,47)/b36-22-,40-30-. The summed E-state index contributed by atoms with van der Waals surface area (Å²) in [4.78, 5) is 18.7. The number of hydrogen-bond donors (Lipinski definition) is 1. The fraction of sp³-hybridized carbons (Fsp3) is 0.0500. The number of hydrogen-bond acceptors (Lipinski definition) is 7. The first-order chi connectivity index (χ1) is 24.9. The van der Waals surface area contributed by atoms with Gasteiger partial charge in [-0.15, -0.1) is 11.3 Å². The number of aromatic nitrogens is 3. The number of para-hydroxylation sites is 2. The second-order valence-corrected chi connectivity index (χ2v) is 12.2. The molecule has 250 valence electrons. The molecule has 0 radical (unpaired) electrons. The molecular weight excluding hydrogens is 666 g/mol. The van der Waals surface area contributed by atoms with Crippen LogP contribution in [0.2, 0.25) is 0 Å². The Morgan fingerprint density at radius 1 is 0.922 bits per heavy atom. The zero-order chi connectivity index (χ0) is 35.5. The Labute approximate surface area is 295 Å². The first-order valence-electron chi connectivity index (χ1n) is 15.7. The highest BCUT2D eigenvalue weighted by Crippen LogP contribution is 2.34. The van der Waals surface area contributed by atoms with Crippen LogP contribution in [0.5, 0.6) is 11.5 Å².